The summed E-state index contributed by atoms with van der Waals surface area (Å²) in [5.41, 5.74) is 0.0829. The van der Waals surface area contributed by atoms with Crippen molar-refractivity contribution in [2.75, 3.05) is 19.8 Å². The maximum Gasteiger partial charge on any atom is 0.251 e. The molecule has 0 saturated carbocycles. The van der Waals surface area contributed by atoms with Gasteiger partial charge in [-0.15, -0.1) is 0 Å². The van der Waals surface area contributed by atoms with Gasteiger partial charge in [-0.25, -0.2) is 8.78 Å². The van der Waals surface area contributed by atoms with Gasteiger partial charge in [0.15, 0.2) is 17.4 Å². The molecule has 1 aliphatic heterocycles. The van der Waals surface area contributed by atoms with Gasteiger partial charge in [-0.05, 0) is 31.5 Å². The number of rotatable bonds is 4. The molecule has 1 aromatic carbocycles. The van der Waals surface area contributed by atoms with E-state index in [0.717, 1.165) is 18.6 Å². The standard InChI is InChI=1S/C14H17F2NO3/c1-14(19-7-2-8-20-14)5-6-17-13(18)10-3-4-11(15)12(16)9-10/h3-4,9H,2,5-8H2,1H3,(H,17,18). The van der Waals surface area contributed by atoms with Crippen LogP contribution in [0.15, 0.2) is 18.2 Å². The molecule has 1 amide bonds. The lowest BCUT2D eigenvalue weighted by molar-refractivity contribution is -0.257. The molecule has 0 bridgehead atoms. The molecular weight excluding hydrogens is 268 g/mol. The average Bonchev–Trinajstić information content (AvgIpc) is 2.42. The number of ether oxygens (including phenoxy) is 2. The van der Waals surface area contributed by atoms with Crippen molar-refractivity contribution in [1.29, 1.82) is 0 Å². The molecular formula is C14H17F2NO3. The van der Waals surface area contributed by atoms with E-state index in [-0.39, 0.29) is 5.56 Å². The Morgan fingerprint density at radius 3 is 2.65 bits per heavy atom. The summed E-state index contributed by atoms with van der Waals surface area (Å²) in [5.74, 6) is -3.16. The van der Waals surface area contributed by atoms with Crippen LogP contribution < -0.4 is 5.32 Å². The highest BCUT2D eigenvalue weighted by atomic mass is 19.2. The molecule has 0 unspecified atom stereocenters. The molecule has 0 atom stereocenters. The first-order valence-electron chi connectivity index (χ1n) is 6.51. The molecule has 2 rings (SSSR count). The van der Waals surface area contributed by atoms with Crippen LogP contribution in [-0.2, 0) is 9.47 Å². The zero-order valence-corrected chi connectivity index (χ0v) is 11.2. The molecule has 20 heavy (non-hydrogen) atoms. The normalized spacial score (nSPS) is 17.8. The van der Waals surface area contributed by atoms with E-state index in [9.17, 15) is 13.6 Å². The maximum absolute atomic E-state index is 13.0. The summed E-state index contributed by atoms with van der Waals surface area (Å²) in [4.78, 5) is 11.8. The Morgan fingerprint density at radius 1 is 1.30 bits per heavy atom. The van der Waals surface area contributed by atoms with Crippen molar-refractivity contribution in [1.82, 2.24) is 5.32 Å². The van der Waals surface area contributed by atoms with Crippen molar-refractivity contribution >= 4 is 5.91 Å². The molecule has 6 heteroatoms. The Bertz CT molecular complexity index is 487. The van der Waals surface area contributed by atoms with Crippen molar-refractivity contribution in [2.45, 2.75) is 25.6 Å². The molecule has 1 fully saturated rings. The minimum absolute atomic E-state index is 0.0829. The predicted octanol–water partition coefficient (Wildman–Crippen LogP) is 2.24. The van der Waals surface area contributed by atoms with Gasteiger partial charge in [0.1, 0.15) is 0 Å². The van der Waals surface area contributed by atoms with Crippen LogP contribution in [-0.4, -0.2) is 31.5 Å². The van der Waals surface area contributed by atoms with E-state index in [1.54, 1.807) is 0 Å². The van der Waals surface area contributed by atoms with Crippen LogP contribution in [0.3, 0.4) is 0 Å². The summed E-state index contributed by atoms with van der Waals surface area (Å²) in [7, 11) is 0. The average molecular weight is 285 g/mol. The molecule has 4 nitrogen and oxygen atoms in total. The van der Waals surface area contributed by atoms with Gasteiger partial charge in [0.2, 0.25) is 0 Å². The highest BCUT2D eigenvalue weighted by Crippen LogP contribution is 2.21. The third-order valence-electron chi connectivity index (χ3n) is 3.15. The smallest absolute Gasteiger partial charge is 0.251 e. The minimum atomic E-state index is -1.04. The fourth-order valence-corrected chi connectivity index (χ4v) is 1.96. The number of carbonyl (C=O) groups is 1. The number of amides is 1. The second-order valence-electron chi connectivity index (χ2n) is 4.82. The largest absolute Gasteiger partial charge is 0.352 e. The monoisotopic (exact) mass is 285 g/mol. The summed E-state index contributed by atoms with van der Waals surface area (Å²) in [6, 6.07) is 3.04. The predicted molar refractivity (Wildman–Crippen MR) is 68.2 cm³/mol. The van der Waals surface area contributed by atoms with Gasteiger partial charge in [-0.1, -0.05) is 0 Å². The van der Waals surface area contributed by atoms with Crippen LogP contribution in [0.4, 0.5) is 8.78 Å². The summed E-state index contributed by atoms with van der Waals surface area (Å²) in [6.07, 6.45) is 1.35. The van der Waals surface area contributed by atoms with Crippen LogP contribution in [0.5, 0.6) is 0 Å². The van der Waals surface area contributed by atoms with E-state index >= 15 is 0 Å². The van der Waals surface area contributed by atoms with Crippen LogP contribution in [0.2, 0.25) is 0 Å². The molecule has 0 radical (unpaired) electrons. The van der Waals surface area contributed by atoms with Crippen molar-refractivity contribution in [3.8, 4) is 0 Å². The number of halogens is 2. The molecule has 110 valence electrons. The van der Waals surface area contributed by atoms with E-state index < -0.39 is 23.3 Å². The van der Waals surface area contributed by atoms with Gasteiger partial charge >= 0.3 is 0 Å². The van der Waals surface area contributed by atoms with Crippen LogP contribution in [0.25, 0.3) is 0 Å². The van der Waals surface area contributed by atoms with E-state index in [2.05, 4.69) is 5.32 Å². The van der Waals surface area contributed by atoms with Gasteiger partial charge in [0.25, 0.3) is 5.91 Å². The SMILES string of the molecule is CC1(CCNC(=O)c2ccc(F)c(F)c2)OCCCO1. The molecule has 1 heterocycles. The number of hydrogen-bond donors (Lipinski definition) is 1. The van der Waals surface area contributed by atoms with Gasteiger partial charge in [-0.2, -0.15) is 0 Å². The zero-order valence-electron chi connectivity index (χ0n) is 11.2. The van der Waals surface area contributed by atoms with E-state index in [4.69, 9.17) is 9.47 Å². The second kappa shape index (κ2) is 6.28. The Labute approximate surface area is 116 Å². The van der Waals surface area contributed by atoms with Crippen molar-refractivity contribution < 1.29 is 23.0 Å². The second-order valence-corrected chi connectivity index (χ2v) is 4.82. The lowest BCUT2D eigenvalue weighted by Gasteiger charge is -2.33. The summed E-state index contributed by atoms with van der Waals surface area (Å²) in [5, 5.41) is 2.63. The van der Waals surface area contributed by atoms with Gasteiger partial charge in [0, 0.05) is 18.5 Å². The van der Waals surface area contributed by atoms with E-state index in [1.165, 1.54) is 6.07 Å². The summed E-state index contributed by atoms with van der Waals surface area (Å²) < 4.78 is 36.8. The fraction of sp³-hybridized carbons (Fsp3) is 0.500. The topological polar surface area (TPSA) is 47.6 Å². The lowest BCUT2D eigenvalue weighted by Crippen LogP contribution is -2.41. The van der Waals surface area contributed by atoms with Crippen molar-refractivity contribution in [3.05, 3.63) is 35.4 Å². The van der Waals surface area contributed by atoms with Crippen LogP contribution in [0.1, 0.15) is 30.1 Å². The van der Waals surface area contributed by atoms with Crippen LogP contribution in [0, 0.1) is 11.6 Å². The first-order valence-corrected chi connectivity index (χ1v) is 6.51. The van der Waals surface area contributed by atoms with E-state index in [1.807, 2.05) is 6.92 Å². The van der Waals surface area contributed by atoms with Crippen LogP contribution >= 0.6 is 0 Å². The van der Waals surface area contributed by atoms with Crippen molar-refractivity contribution in [3.63, 3.8) is 0 Å². The maximum atomic E-state index is 13.0. The third-order valence-corrected chi connectivity index (χ3v) is 3.15. The number of nitrogens with one attached hydrogen (secondary N) is 1. The molecule has 0 spiro atoms. The zero-order chi connectivity index (χ0) is 14.6. The van der Waals surface area contributed by atoms with Gasteiger partial charge in [-0.3, -0.25) is 4.79 Å². The lowest BCUT2D eigenvalue weighted by atomic mass is 10.1. The minimum Gasteiger partial charge on any atom is -0.352 e. The molecule has 0 aromatic heterocycles. The molecule has 1 aromatic rings. The van der Waals surface area contributed by atoms with E-state index in [0.29, 0.717) is 26.2 Å². The molecule has 1 saturated heterocycles. The third kappa shape index (κ3) is 3.74. The highest BCUT2D eigenvalue weighted by Gasteiger charge is 2.28. The van der Waals surface area contributed by atoms with Crippen molar-refractivity contribution in [2.24, 2.45) is 0 Å². The Kier molecular flexibility index (Phi) is 4.67. The molecule has 1 N–H and O–H groups in total. The van der Waals surface area contributed by atoms with Gasteiger partial charge in [0.05, 0.1) is 13.2 Å². The highest BCUT2D eigenvalue weighted by molar-refractivity contribution is 5.94. The summed E-state index contributed by atoms with van der Waals surface area (Å²) >= 11 is 0. The number of benzene rings is 1. The summed E-state index contributed by atoms with van der Waals surface area (Å²) in [6.45, 7) is 3.41. The van der Waals surface area contributed by atoms with Gasteiger partial charge < -0.3 is 14.8 Å². The fourth-order valence-electron chi connectivity index (χ4n) is 1.96. The quantitative estimate of drug-likeness (QED) is 0.923. The Balaban J connectivity index is 1.84. The Morgan fingerprint density at radius 2 is 2.00 bits per heavy atom. The molecule has 1 aliphatic rings. The first-order chi connectivity index (χ1) is 9.50. The molecule has 0 aliphatic carbocycles. The number of carbonyl (C=O) groups excluding carboxylic acids is 1. The first kappa shape index (κ1) is 14.9. The number of hydrogen-bond acceptors (Lipinski definition) is 3. The Hall–Kier alpha value is -1.53.